The molecule has 0 bridgehead atoms. The van der Waals surface area contributed by atoms with Crippen LogP contribution in [0.4, 0.5) is 0 Å². The molecule has 2 aromatic carbocycles. The van der Waals surface area contributed by atoms with Crippen LogP contribution in [0.1, 0.15) is 22.6 Å². The maximum Gasteiger partial charge on any atom is 0.124 e. The Morgan fingerprint density at radius 2 is 1.68 bits per heavy atom. The molecule has 0 unspecified atom stereocenters. The van der Waals surface area contributed by atoms with E-state index >= 15 is 0 Å². The molecular weight excluding hydrogens is 326 g/mol. The molecule has 1 aliphatic carbocycles. The highest BCUT2D eigenvalue weighted by atomic mass is 32.1. The Kier molecular flexibility index (Phi) is 3.90. The summed E-state index contributed by atoms with van der Waals surface area (Å²) in [5.41, 5.74) is 5.51. The van der Waals surface area contributed by atoms with E-state index in [0.717, 1.165) is 50.7 Å². The monoisotopic (exact) mass is 339 g/mol. The number of thiazole rings is 1. The number of nitrogens with zero attached hydrogens (tertiary/aromatic N) is 3. The molecule has 3 aromatic rings. The fourth-order valence-electron chi connectivity index (χ4n) is 2.96. The van der Waals surface area contributed by atoms with Gasteiger partial charge in [-0.25, -0.2) is 4.98 Å². The first kappa shape index (κ1) is 15.3. The summed E-state index contributed by atoms with van der Waals surface area (Å²) in [5, 5.41) is 19.4. The van der Waals surface area contributed by atoms with Gasteiger partial charge in [-0.3, -0.25) is 0 Å². The van der Waals surface area contributed by atoms with E-state index in [4.69, 9.17) is 10.2 Å². The van der Waals surface area contributed by atoms with Gasteiger partial charge >= 0.3 is 0 Å². The second kappa shape index (κ2) is 6.36. The Morgan fingerprint density at radius 3 is 2.44 bits per heavy atom. The van der Waals surface area contributed by atoms with Gasteiger partial charge in [0.1, 0.15) is 5.01 Å². The molecule has 0 radical (unpaired) electrons. The predicted octanol–water partition coefficient (Wildman–Crippen LogP) is 5.20. The summed E-state index contributed by atoms with van der Waals surface area (Å²) < 4.78 is 0. The van der Waals surface area contributed by atoms with Crippen LogP contribution in [0.5, 0.6) is 0 Å². The molecule has 0 fully saturated rings. The average molecular weight is 339 g/mol. The third-order valence-electron chi connectivity index (χ3n) is 4.22. The van der Waals surface area contributed by atoms with Crippen molar-refractivity contribution in [3.63, 3.8) is 0 Å². The standard InChI is InChI=1S/C21H13N3S/c22-12-14-6-7-19-20(10-14)25-21(24-19)18-9-15(13-23)8-17(11-18)16-4-2-1-3-5-16/h1-5,8-11H,6-7H2. The van der Waals surface area contributed by atoms with Crippen molar-refractivity contribution in [2.24, 2.45) is 0 Å². The van der Waals surface area contributed by atoms with Gasteiger partial charge in [-0.15, -0.1) is 11.3 Å². The van der Waals surface area contributed by atoms with Crippen LogP contribution in [-0.2, 0) is 6.42 Å². The lowest BCUT2D eigenvalue weighted by Gasteiger charge is -2.05. The van der Waals surface area contributed by atoms with E-state index in [1.165, 1.54) is 0 Å². The number of rotatable bonds is 2. The minimum atomic E-state index is 0.623. The maximum atomic E-state index is 9.40. The van der Waals surface area contributed by atoms with Gasteiger partial charge in [0.25, 0.3) is 0 Å². The first-order valence-electron chi connectivity index (χ1n) is 7.98. The molecule has 0 atom stereocenters. The van der Waals surface area contributed by atoms with E-state index in [-0.39, 0.29) is 0 Å². The number of fused-ring (bicyclic) bond motifs is 1. The second-order valence-electron chi connectivity index (χ2n) is 5.89. The number of benzene rings is 2. The number of nitriles is 2. The molecule has 4 heteroatoms. The van der Waals surface area contributed by atoms with Gasteiger partial charge in [0.15, 0.2) is 0 Å². The molecule has 0 saturated carbocycles. The molecule has 1 heterocycles. The Bertz CT molecular complexity index is 1060. The van der Waals surface area contributed by atoms with Crippen molar-refractivity contribution >= 4 is 17.4 Å². The lowest BCUT2D eigenvalue weighted by atomic mass is 10.00. The molecule has 0 spiro atoms. The van der Waals surface area contributed by atoms with E-state index in [9.17, 15) is 5.26 Å². The molecular formula is C21H13N3S. The van der Waals surface area contributed by atoms with Crippen molar-refractivity contribution < 1.29 is 0 Å². The molecule has 0 saturated heterocycles. The van der Waals surface area contributed by atoms with Gasteiger partial charge in [-0.1, -0.05) is 30.3 Å². The minimum absolute atomic E-state index is 0.623. The van der Waals surface area contributed by atoms with Crippen molar-refractivity contribution in [1.82, 2.24) is 4.98 Å². The van der Waals surface area contributed by atoms with Gasteiger partial charge in [-0.2, -0.15) is 10.5 Å². The maximum absolute atomic E-state index is 9.40. The summed E-state index contributed by atoms with van der Waals surface area (Å²) in [4.78, 5) is 5.81. The van der Waals surface area contributed by atoms with Crippen LogP contribution in [0.25, 0.3) is 27.8 Å². The SMILES string of the molecule is N#CC1=Cc2sc(-c3cc(C#N)cc(-c4ccccc4)c3)nc2CC1. The molecule has 4 rings (SSSR count). The van der Waals surface area contributed by atoms with E-state index in [2.05, 4.69) is 18.2 Å². The predicted molar refractivity (Wildman–Crippen MR) is 99.6 cm³/mol. The zero-order valence-corrected chi connectivity index (χ0v) is 14.2. The zero-order valence-electron chi connectivity index (χ0n) is 13.4. The first-order valence-corrected chi connectivity index (χ1v) is 8.80. The quantitative estimate of drug-likeness (QED) is 0.644. The molecule has 0 N–H and O–H groups in total. The smallest absolute Gasteiger partial charge is 0.124 e. The van der Waals surface area contributed by atoms with Gasteiger partial charge in [0.2, 0.25) is 0 Å². The number of aromatic nitrogens is 1. The Labute approximate surface area is 150 Å². The molecule has 25 heavy (non-hydrogen) atoms. The number of hydrogen-bond acceptors (Lipinski definition) is 4. The topological polar surface area (TPSA) is 60.5 Å². The second-order valence-corrected chi connectivity index (χ2v) is 6.92. The first-order chi connectivity index (χ1) is 12.3. The van der Waals surface area contributed by atoms with Crippen LogP contribution in [-0.4, -0.2) is 4.98 Å². The highest BCUT2D eigenvalue weighted by Gasteiger charge is 2.17. The van der Waals surface area contributed by atoms with Gasteiger partial charge < -0.3 is 0 Å². The highest BCUT2D eigenvalue weighted by Crippen LogP contribution is 2.35. The summed E-state index contributed by atoms with van der Waals surface area (Å²) in [6.45, 7) is 0. The molecule has 0 aliphatic heterocycles. The lowest BCUT2D eigenvalue weighted by Crippen LogP contribution is -1.95. The Morgan fingerprint density at radius 1 is 0.880 bits per heavy atom. The Hall–Kier alpha value is -3.21. The van der Waals surface area contributed by atoms with Crippen molar-refractivity contribution in [2.45, 2.75) is 12.8 Å². The summed E-state index contributed by atoms with van der Waals surface area (Å²) in [5.74, 6) is 0. The fraction of sp³-hybridized carbons (Fsp3) is 0.0952. The van der Waals surface area contributed by atoms with E-state index in [1.807, 2.05) is 48.5 Å². The number of aryl methyl sites for hydroxylation is 1. The molecule has 118 valence electrons. The largest absolute Gasteiger partial charge is 0.240 e. The molecule has 0 amide bonds. The summed E-state index contributed by atoms with van der Waals surface area (Å²) in [7, 11) is 0. The summed E-state index contributed by atoms with van der Waals surface area (Å²) in [6, 6.07) is 20.4. The minimum Gasteiger partial charge on any atom is -0.240 e. The van der Waals surface area contributed by atoms with Crippen LogP contribution in [0, 0.1) is 22.7 Å². The third kappa shape index (κ3) is 2.96. The lowest BCUT2D eigenvalue weighted by molar-refractivity contribution is 0.921. The molecule has 1 aromatic heterocycles. The Balaban J connectivity index is 1.82. The average Bonchev–Trinajstić information content (AvgIpc) is 3.11. The van der Waals surface area contributed by atoms with Crippen molar-refractivity contribution in [1.29, 1.82) is 10.5 Å². The van der Waals surface area contributed by atoms with Crippen molar-refractivity contribution in [3.05, 3.63) is 70.2 Å². The normalized spacial score (nSPS) is 12.6. The number of allylic oxidation sites excluding steroid dienone is 1. The van der Waals surface area contributed by atoms with E-state index in [1.54, 1.807) is 11.3 Å². The van der Waals surface area contributed by atoms with Gasteiger partial charge in [-0.05, 0) is 48.2 Å². The van der Waals surface area contributed by atoms with Crippen LogP contribution in [0.2, 0.25) is 0 Å². The van der Waals surface area contributed by atoms with Crippen LogP contribution < -0.4 is 0 Å². The van der Waals surface area contributed by atoms with Gasteiger partial charge in [0.05, 0.1) is 28.3 Å². The molecule has 3 nitrogen and oxygen atoms in total. The highest BCUT2D eigenvalue weighted by molar-refractivity contribution is 7.16. The zero-order chi connectivity index (χ0) is 17.2. The summed E-state index contributed by atoms with van der Waals surface area (Å²) >= 11 is 1.58. The van der Waals surface area contributed by atoms with Crippen LogP contribution in [0.15, 0.2) is 54.1 Å². The van der Waals surface area contributed by atoms with Crippen LogP contribution >= 0.6 is 11.3 Å². The van der Waals surface area contributed by atoms with Crippen molar-refractivity contribution in [2.75, 3.05) is 0 Å². The number of hydrogen-bond donors (Lipinski definition) is 0. The third-order valence-corrected chi connectivity index (χ3v) is 5.32. The van der Waals surface area contributed by atoms with Crippen LogP contribution in [0.3, 0.4) is 0 Å². The summed E-state index contributed by atoms with van der Waals surface area (Å²) in [6.07, 6.45) is 3.49. The van der Waals surface area contributed by atoms with E-state index in [0.29, 0.717) is 5.56 Å². The van der Waals surface area contributed by atoms with Crippen molar-refractivity contribution in [3.8, 4) is 33.8 Å². The molecule has 1 aliphatic rings. The van der Waals surface area contributed by atoms with E-state index < -0.39 is 0 Å². The fourth-order valence-corrected chi connectivity index (χ4v) is 4.03. The van der Waals surface area contributed by atoms with Gasteiger partial charge in [0, 0.05) is 11.1 Å².